The monoisotopic (exact) mass is 1050 g/mol. The molecule has 0 radical (unpaired) electrons. The average molecular weight is 1050 g/mol. The number of nitrogens with one attached hydrogen (secondary N) is 4. The normalized spacial score (nSPS) is 23.5. The Kier molecular flexibility index (Phi) is 18.6. The van der Waals surface area contributed by atoms with Crippen molar-refractivity contribution in [3.05, 3.63) is 139 Å². The van der Waals surface area contributed by atoms with Crippen LogP contribution in [0.3, 0.4) is 0 Å². The van der Waals surface area contributed by atoms with Crippen molar-refractivity contribution in [2.45, 2.75) is 141 Å². The molecule has 2 aliphatic rings. The van der Waals surface area contributed by atoms with Crippen molar-refractivity contribution in [1.29, 1.82) is 0 Å². The lowest BCUT2D eigenvalue weighted by molar-refractivity contribution is -0.150. The number of hydrogen-bond donors (Lipinski definition) is 4. The molecule has 1 fully saturated rings. The number of carbonyl (C=O) groups is 7. The number of fused-ring (bicyclic) bond motifs is 4. The molecule has 0 aliphatic carbocycles. The zero-order chi connectivity index (χ0) is 55.7. The number of hydrogen-bond acceptors (Lipinski definition) is 8. The summed E-state index contributed by atoms with van der Waals surface area (Å²) in [6.07, 6.45) is 10.2. The number of carbonyl (C=O) groups excluding carboxylic acids is 7. The van der Waals surface area contributed by atoms with Gasteiger partial charge in [0.1, 0.15) is 42.3 Å². The molecule has 0 spiro atoms. The summed E-state index contributed by atoms with van der Waals surface area (Å²) in [6.45, 7) is 17.6. The second kappa shape index (κ2) is 25.0. The van der Waals surface area contributed by atoms with Gasteiger partial charge in [-0.05, 0) is 86.9 Å². The molecular weight excluding hydrogens is 971 g/mol. The predicted octanol–water partition coefficient (Wildman–Crippen LogP) is 6.40. The molecule has 4 N–H and O–H groups in total. The Morgan fingerprint density at radius 3 is 1.95 bits per heavy atom. The molecular formula is C61H77N9O7. The summed E-state index contributed by atoms with van der Waals surface area (Å²) in [5.74, 6) is -4.36. The lowest BCUT2D eigenvalue weighted by Gasteiger charge is -2.38. The third kappa shape index (κ3) is 13.7. The Balaban J connectivity index is 1.38. The Bertz CT molecular complexity index is 3000. The third-order valence-electron chi connectivity index (χ3n) is 15.0. The molecule has 3 aromatic carbocycles. The molecule has 16 heteroatoms. The Labute approximate surface area is 453 Å². The molecule has 0 saturated carbocycles. The summed E-state index contributed by atoms with van der Waals surface area (Å²) in [5, 5.41) is 14.5. The van der Waals surface area contributed by atoms with E-state index in [0.29, 0.717) is 12.1 Å². The minimum absolute atomic E-state index is 0.0110. The molecule has 0 unspecified atom stereocenters. The van der Waals surface area contributed by atoms with E-state index in [0.717, 1.165) is 32.8 Å². The van der Waals surface area contributed by atoms with Crippen molar-refractivity contribution in [3.8, 4) is 0 Å². The van der Waals surface area contributed by atoms with Gasteiger partial charge in [-0.15, -0.1) is 6.58 Å². The van der Waals surface area contributed by atoms with Gasteiger partial charge in [-0.3, -0.25) is 38.5 Å². The number of benzene rings is 3. The van der Waals surface area contributed by atoms with Crippen LogP contribution >= 0.6 is 0 Å². The maximum absolute atomic E-state index is 15.6. The fraction of sp³-hybridized carbons (Fsp3) is 0.443. The average Bonchev–Trinajstić information content (AvgIpc) is 3.84. The molecule has 5 aromatic rings. The van der Waals surface area contributed by atoms with Gasteiger partial charge in [0.25, 0.3) is 0 Å². The summed E-state index contributed by atoms with van der Waals surface area (Å²) in [5.41, 5.74) is 2.30. The minimum Gasteiger partial charge on any atom is -0.343 e. The Hall–Kier alpha value is -7.62. The van der Waals surface area contributed by atoms with Gasteiger partial charge in [0.2, 0.25) is 41.4 Å². The molecule has 4 heterocycles. The van der Waals surface area contributed by atoms with Gasteiger partial charge < -0.3 is 40.5 Å². The van der Waals surface area contributed by atoms with E-state index in [1.807, 2.05) is 151 Å². The van der Waals surface area contributed by atoms with Crippen LogP contribution in [0.1, 0.15) is 91.0 Å². The first-order valence-electron chi connectivity index (χ1n) is 27.0. The fourth-order valence-electron chi connectivity index (χ4n) is 10.5. The van der Waals surface area contributed by atoms with Gasteiger partial charge in [-0.25, -0.2) is 0 Å². The predicted molar refractivity (Wildman–Crippen MR) is 300 cm³/mol. The van der Waals surface area contributed by atoms with E-state index in [9.17, 15) is 9.59 Å². The quantitative estimate of drug-likeness (QED) is 0.103. The van der Waals surface area contributed by atoms with Gasteiger partial charge in [-0.2, -0.15) is 0 Å². The van der Waals surface area contributed by atoms with E-state index >= 15 is 24.0 Å². The molecule has 1 saturated heterocycles. The van der Waals surface area contributed by atoms with Crippen molar-refractivity contribution >= 4 is 63.0 Å². The molecule has 2 aromatic heterocycles. The molecule has 2 bridgehead atoms. The van der Waals surface area contributed by atoms with Crippen LogP contribution in [0, 0.1) is 11.8 Å². The summed E-state index contributed by atoms with van der Waals surface area (Å²) in [7, 11) is 3.03. The van der Waals surface area contributed by atoms with Crippen molar-refractivity contribution in [3.63, 3.8) is 0 Å². The fourth-order valence-corrected chi connectivity index (χ4v) is 10.5. The van der Waals surface area contributed by atoms with Crippen LogP contribution in [0.4, 0.5) is 0 Å². The minimum atomic E-state index is -1.29. The van der Waals surface area contributed by atoms with Crippen molar-refractivity contribution < 1.29 is 33.6 Å². The van der Waals surface area contributed by atoms with Crippen molar-refractivity contribution in [2.24, 2.45) is 11.8 Å². The standard InChI is InChI=1S/C61H77N9O7/c1-11-61(7,8)70-37-44(46-26-19-20-27-50(46)70)34-49-59(76)68(10)52(30-38(2)3)56(73)65-48(35-45-33-42-24-17-18-25-43(42)36-62-45)54(71)63-40(6)58(75)67(9)51-28-16-13-21-29-69(60(51)77)53(31-39(4)5)57(74)64-47(55(72)66-49)32-41-22-14-12-15-23-41/h11-20,22-27,33,36-40,47-49,51-53H,1,21,28-32,34-35H2,2-10H3,(H,63,71)(H,64,74)(H,65,73)(H,66,72)/b16-13-/t40-,47-,48-,49-,51-,52-,53-/m0/s1. The highest BCUT2D eigenvalue weighted by atomic mass is 16.2. The highest BCUT2D eigenvalue weighted by molar-refractivity contribution is 5.99. The van der Waals surface area contributed by atoms with Crippen LogP contribution < -0.4 is 21.3 Å². The Morgan fingerprint density at radius 1 is 0.662 bits per heavy atom. The van der Waals surface area contributed by atoms with Crippen LogP contribution in [0.2, 0.25) is 0 Å². The van der Waals surface area contributed by atoms with Crippen LogP contribution in [-0.2, 0) is 58.4 Å². The van der Waals surface area contributed by atoms with Crippen molar-refractivity contribution in [2.75, 3.05) is 20.6 Å². The summed E-state index contributed by atoms with van der Waals surface area (Å²) >= 11 is 0. The van der Waals surface area contributed by atoms with E-state index in [2.05, 4.69) is 37.4 Å². The number of allylic oxidation sites excluding steroid dienone is 1. The van der Waals surface area contributed by atoms with Crippen molar-refractivity contribution in [1.82, 2.24) is 45.5 Å². The first kappa shape index (κ1) is 57.1. The number of aromatic nitrogens is 2. The zero-order valence-electron chi connectivity index (χ0n) is 46.1. The smallest absolute Gasteiger partial charge is 0.246 e. The van der Waals surface area contributed by atoms with Gasteiger partial charge in [0, 0.05) is 74.3 Å². The topological polar surface area (TPSA) is 195 Å². The van der Waals surface area contributed by atoms with Crippen LogP contribution in [0.15, 0.2) is 122 Å². The number of amides is 7. The number of para-hydroxylation sites is 1. The maximum atomic E-state index is 15.6. The third-order valence-corrected chi connectivity index (χ3v) is 15.0. The van der Waals surface area contributed by atoms with Gasteiger partial charge >= 0.3 is 0 Å². The lowest BCUT2D eigenvalue weighted by Crippen LogP contribution is -2.61. The SMILES string of the molecule is C=CC(C)(C)n1cc(C[C@@H]2NC(=O)[C@H](Cc3ccccc3)NC(=O)[C@H](CC(C)C)N3CC/C=C\C[C@@H](C3=O)N(C)C(=O)[C@H](C)NC(=O)[C@H](Cc3cc4ccccc4cn3)NC(=O)[C@H](CC(C)C)N(C)C2=O)c2ccccc21. The van der Waals surface area contributed by atoms with E-state index in [1.54, 1.807) is 6.20 Å². The molecule has 7 rings (SSSR count). The van der Waals surface area contributed by atoms with Gasteiger partial charge in [0.05, 0.1) is 5.54 Å². The summed E-state index contributed by atoms with van der Waals surface area (Å²) in [4.78, 5) is 114. The highest BCUT2D eigenvalue weighted by Gasteiger charge is 2.41. The van der Waals surface area contributed by atoms with Gasteiger partial charge in [0.15, 0.2) is 0 Å². The lowest BCUT2D eigenvalue weighted by atomic mass is 9.97. The first-order chi connectivity index (χ1) is 36.7. The Morgan fingerprint density at radius 2 is 1.26 bits per heavy atom. The summed E-state index contributed by atoms with van der Waals surface area (Å²) in [6, 6.07) is 18.2. The first-order valence-corrected chi connectivity index (χ1v) is 27.0. The van der Waals surface area contributed by atoms with Crippen LogP contribution in [-0.4, -0.2) is 129 Å². The zero-order valence-corrected chi connectivity index (χ0v) is 46.1. The molecule has 7 amide bonds. The van der Waals surface area contributed by atoms with E-state index in [1.165, 1.54) is 35.7 Å². The highest BCUT2D eigenvalue weighted by Crippen LogP contribution is 2.30. The number of pyridine rings is 1. The molecule has 2 aliphatic heterocycles. The van der Waals surface area contributed by atoms with Crippen LogP contribution in [0.25, 0.3) is 21.7 Å². The largest absolute Gasteiger partial charge is 0.343 e. The second-order valence-electron chi connectivity index (χ2n) is 22.2. The van der Waals surface area contributed by atoms with Gasteiger partial charge in [-0.1, -0.05) is 119 Å². The molecule has 408 valence electrons. The molecule has 16 nitrogen and oxygen atoms in total. The number of likely N-dealkylation sites (N-methyl/N-ethyl adjacent to an activating group) is 2. The summed E-state index contributed by atoms with van der Waals surface area (Å²) < 4.78 is 2.07. The van der Waals surface area contributed by atoms with E-state index in [-0.39, 0.29) is 56.9 Å². The molecule has 7 atom stereocenters. The molecule has 77 heavy (non-hydrogen) atoms. The van der Waals surface area contributed by atoms with E-state index in [4.69, 9.17) is 0 Å². The maximum Gasteiger partial charge on any atom is 0.246 e. The second-order valence-corrected chi connectivity index (χ2v) is 22.2. The number of rotatable bonds is 12. The van der Waals surface area contributed by atoms with Crippen LogP contribution in [0.5, 0.6) is 0 Å². The van der Waals surface area contributed by atoms with E-state index < -0.39 is 89.2 Å². The number of nitrogens with zero attached hydrogens (tertiary/aromatic N) is 5.